The number of rotatable bonds is 4. The summed E-state index contributed by atoms with van der Waals surface area (Å²) in [6, 6.07) is 8.87. The topological polar surface area (TPSA) is 12.0 Å². The summed E-state index contributed by atoms with van der Waals surface area (Å²) in [7, 11) is 0. The molecule has 86 valence electrons. The number of nitrogens with one attached hydrogen (secondary N) is 1. The maximum Gasteiger partial charge on any atom is 0.0108 e. The second kappa shape index (κ2) is 4.80. The van der Waals surface area contributed by atoms with Crippen molar-refractivity contribution in [3.05, 3.63) is 29.8 Å². The highest BCUT2D eigenvalue weighted by Gasteiger charge is 2.23. The molecule has 0 spiro atoms. The summed E-state index contributed by atoms with van der Waals surface area (Å²) in [5.41, 5.74) is 1.56. The number of hydrogen-bond donors (Lipinski definition) is 1. The molecular weight excluding hydrogens is 214 g/mol. The first-order chi connectivity index (χ1) is 7.93. The maximum absolute atomic E-state index is 3.66. The van der Waals surface area contributed by atoms with Crippen molar-refractivity contribution < 1.29 is 0 Å². The van der Waals surface area contributed by atoms with Gasteiger partial charge >= 0.3 is 0 Å². The summed E-state index contributed by atoms with van der Waals surface area (Å²) in [5, 5.41) is 3.66. The van der Waals surface area contributed by atoms with E-state index in [4.69, 9.17) is 0 Å². The van der Waals surface area contributed by atoms with Gasteiger partial charge in [-0.3, -0.25) is 0 Å². The zero-order valence-corrected chi connectivity index (χ0v) is 10.4. The van der Waals surface area contributed by atoms with E-state index in [1.54, 1.807) is 5.56 Å². The first-order valence-corrected chi connectivity index (χ1v) is 7.34. The normalized spacial score (nSPS) is 24.1. The molecule has 0 aromatic heterocycles. The summed E-state index contributed by atoms with van der Waals surface area (Å²) in [6.07, 6.45) is 4.35. The molecule has 2 aliphatic rings. The highest BCUT2D eigenvalue weighted by molar-refractivity contribution is 7.99. The molecule has 0 saturated heterocycles. The van der Waals surface area contributed by atoms with Crippen molar-refractivity contribution in [3.8, 4) is 0 Å². The van der Waals surface area contributed by atoms with E-state index in [1.165, 1.54) is 43.0 Å². The van der Waals surface area contributed by atoms with Gasteiger partial charge < -0.3 is 5.32 Å². The van der Waals surface area contributed by atoms with Gasteiger partial charge in [-0.1, -0.05) is 24.6 Å². The van der Waals surface area contributed by atoms with Gasteiger partial charge in [0.15, 0.2) is 0 Å². The van der Waals surface area contributed by atoms with Gasteiger partial charge in [0.1, 0.15) is 0 Å². The average molecular weight is 233 g/mol. The third-order valence-corrected chi connectivity index (χ3v) is 5.10. The van der Waals surface area contributed by atoms with Crippen molar-refractivity contribution in [2.45, 2.75) is 30.1 Å². The van der Waals surface area contributed by atoms with Gasteiger partial charge in [0, 0.05) is 23.1 Å². The lowest BCUT2D eigenvalue weighted by Crippen LogP contribution is -2.30. The second-order valence-corrected chi connectivity index (χ2v) is 6.06. The minimum atomic E-state index is 0.737. The minimum absolute atomic E-state index is 0.737. The fraction of sp³-hybridized carbons (Fsp3) is 0.571. The Bertz CT molecular complexity index is 360. The van der Waals surface area contributed by atoms with Gasteiger partial charge in [-0.2, -0.15) is 0 Å². The SMILES string of the molecule is c1ccc2c(c1)SCC2CNCC1CCC1. The summed E-state index contributed by atoms with van der Waals surface area (Å²) in [4.78, 5) is 1.50. The molecule has 1 unspecified atom stereocenters. The first-order valence-electron chi connectivity index (χ1n) is 6.36. The Hall–Kier alpha value is -0.470. The zero-order valence-electron chi connectivity index (χ0n) is 9.61. The monoisotopic (exact) mass is 233 g/mol. The molecule has 2 heteroatoms. The van der Waals surface area contributed by atoms with Crippen molar-refractivity contribution in [1.82, 2.24) is 5.32 Å². The molecular formula is C14H19NS. The number of fused-ring (bicyclic) bond motifs is 1. The van der Waals surface area contributed by atoms with E-state index >= 15 is 0 Å². The fourth-order valence-electron chi connectivity index (χ4n) is 2.56. The number of hydrogen-bond acceptors (Lipinski definition) is 2. The second-order valence-electron chi connectivity index (χ2n) is 5.00. The van der Waals surface area contributed by atoms with E-state index < -0.39 is 0 Å². The van der Waals surface area contributed by atoms with Crippen LogP contribution in [0.5, 0.6) is 0 Å². The van der Waals surface area contributed by atoms with Gasteiger partial charge in [-0.15, -0.1) is 11.8 Å². The molecule has 1 N–H and O–H groups in total. The molecule has 1 nitrogen and oxygen atoms in total. The molecule has 0 radical (unpaired) electrons. The molecule has 1 aromatic rings. The molecule has 1 saturated carbocycles. The Kier molecular flexibility index (Phi) is 3.20. The van der Waals surface area contributed by atoms with Crippen molar-refractivity contribution >= 4 is 11.8 Å². The molecule has 3 rings (SSSR count). The summed E-state index contributed by atoms with van der Waals surface area (Å²) in [5.74, 6) is 2.97. The van der Waals surface area contributed by atoms with Crippen molar-refractivity contribution in [2.75, 3.05) is 18.8 Å². The van der Waals surface area contributed by atoms with Crippen LogP contribution in [0.1, 0.15) is 30.7 Å². The average Bonchev–Trinajstić information content (AvgIpc) is 2.65. The quantitative estimate of drug-likeness (QED) is 0.856. The fourth-order valence-corrected chi connectivity index (χ4v) is 3.81. The number of benzene rings is 1. The summed E-state index contributed by atoms with van der Waals surface area (Å²) >= 11 is 2.01. The van der Waals surface area contributed by atoms with Crippen LogP contribution in [0, 0.1) is 5.92 Å². The molecule has 1 aliphatic carbocycles. The number of thioether (sulfide) groups is 1. The van der Waals surface area contributed by atoms with Gasteiger partial charge in [0.05, 0.1) is 0 Å². The molecule has 1 atom stereocenters. The van der Waals surface area contributed by atoms with E-state index in [9.17, 15) is 0 Å². The molecule has 16 heavy (non-hydrogen) atoms. The van der Waals surface area contributed by atoms with Crippen LogP contribution in [0.3, 0.4) is 0 Å². The molecule has 1 heterocycles. The molecule has 1 aliphatic heterocycles. The van der Waals surface area contributed by atoms with Crippen LogP contribution in [0.4, 0.5) is 0 Å². The highest BCUT2D eigenvalue weighted by atomic mass is 32.2. The molecule has 1 fully saturated rings. The first kappa shape index (κ1) is 10.7. The van der Waals surface area contributed by atoms with Crippen molar-refractivity contribution in [2.24, 2.45) is 5.92 Å². The standard InChI is InChI=1S/C14H19NS/c1-2-7-14-13(6-1)12(10-16-14)9-15-8-11-4-3-5-11/h1-2,6-7,11-12,15H,3-5,8-10H2. The zero-order chi connectivity index (χ0) is 10.8. The minimum Gasteiger partial charge on any atom is -0.316 e. The van der Waals surface area contributed by atoms with Gasteiger partial charge in [0.25, 0.3) is 0 Å². The lowest BCUT2D eigenvalue weighted by atomic mass is 9.85. The summed E-state index contributed by atoms with van der Waals surface area (Å²) in [6.45, 7) is 2.41. The van der Waals surface area contributed by atoms with Gasteiger partial charge in [-0.05, 0) is 36.9 Å². The van der Waals surface area contributed by atoms with Gasteiger partial charge in [0.2, 0.25) is 0 Å². The van der Waals surface area contributed by atoms with Crippen LogP contribution in [0.25, 0.3) is 0 Å². The predicted molar refractivity (Wildman–Crippen MR) is 70.1 cm³/mol. The third-order valence-electron chi connectivity index (χ3n) is 3.85. The largest absolute Gasteiger partial charge is 0.316 e. The predicted octanol–water partition coefficient (Wildman–Crippen LogP) is 3.27. The van der Waals surface area contributed by atoms with Crippen molar-refractivity contribution in [3.63, 3.8) is 0 Å². The Morgan fingerprint density at radius 1 is 1.19 bits per heavy atom. The van der Waals surface area contributed by atoms with E-state index in [0.29, 0.717) is 0 Å². The molecule has 0 amide bonds. The Morgan fingerprint density at radius 2 is 2.06 bits per heavy atom. The van der Waals surface area contributed by atoms with E-state index in [1.807, 2.05) is 11.8 Å². The van der Waals surface area contributed by atoms with Crippen LogP contribution in [0.2, 0.25) is 0 Å². The Morgan fingerprint density at radius 3 is 2.88 bits per heavy atom. The van der Waals surface area contributed by atoms with Crippen LogP contribution in [0.15, 0.2) is 29.2 Å². The van der Waals surface area contributed by atoms with Crippen LogP contribution in [-0.4, -0.2) is 18.8 Å². The molecule has 0 bridgehead atoms. The molecule has 1 aromatic carbocycles. The lowest BCUT2D eigenvalue weighted by molar-refractivity contribution is 0.300. The summed E-state index contributed by atoms with van der Waals surface area (Å²) < 4.78 is 0. The van der Waals surface area contributed by atoms with E-state index in [2.05, 4.69) is 29.6 Å². The van der Waals surface area contributed by atoms with Crippen molar-refractivity contribution in [1.29, 1.82) is 0 Å². The Balaban J connectivity index is 1.52. The van der Waals surface area contributed by atoms with Crippen LogP contribution in [-0.2, 0) is 0 Å². The lowest BCUT2D eigenvalue weighted by Gasteiger charge is -2.26. The van der Waals surface area contributed by atoms with Crippen LogP contribution >= 0.6 is 11.8 Å². The van der Waals surface area contributed by atoms with Gasteiger partial charge in [-0.25, -0.2) is 0 Å². The van der Waals surface area contributed by atoms with E-state index in [0.717, 1.165) is 11.8 Å². The Labute approximate surface area is 102 Å². The smallest absolute Gasteiger partial charge is 0.0108 e. The maximum atomic E-state index is 3.66. The highest BCUT2D eigenvalue weighted by Crippen LogP contribution is 2.38. The third kappa shape index (κ3) is 2.14. The van der Waals surface area contributed by atoms with Crippen LogP contribution < -0.4 is 5.32 Å². The van der Waals surface area contributed by atoms with E-state index in [-0.39, 0.29) is 0 Å².